The minimum Gasteiger partial charge on any atom is -0.491 e. The second-order valence-electron chi connectivity index (χ2n) is 6.48. The summed E-state index contributed by atoms with van der Waals surface area (Å²) in [6.45, 7) is 7.60. The third-order valence-electron chi connectivity index (χ3n) is 3.58. The van der Waals surface area contributed by atoms with E-state index in [0.29, 0.717) is 23.8 Å². The lowest BCUT2D eigenvalue weighted by atomic mass is 10.0. The molecule has 0 saturated carbocycles. The molecule has 0 bridgehead atoms. The number of nitrogens with zero attached hydrogens (tertiary/aromatic N) is 1. The Hall–Kier alpha value is -2.60. The maximum atomic E-state index is 11.0. The Morgan fingerprint density at radius 1 is 1.12 bits per heavy atom. The van der Waals surface area contributed by atoms with Crippen molar-refractivity contribution in [2.24, 2.45) is 0 Å². The van der Waals surface area contributed by atoms with Gasteiger partial charge in [-0.05, 0) is 44.5 Å². The molecule has 26 heavy (non-hydrogen) atoms. The predicted molar refractivity (Wildman–Crippen MR) is 99.3 cm³/mol. The summed E-state index contributed by atoms with van der Waals surface area (Å²) in [5, 5.41) is 13.3. The molecular formula is C20H26N2O4. The number of rotatable bonds is 8. The van der Waals surface area contributed by atoms with Crippen LogP contribution >= 0.6 is 0 Å². The number of hydrogen-bond acceptors (Lipinski definition) is 5. The molecule has 140 valence electrons. The first-order valence-corrected chi connectivity index (χ1v) is 8.65. The average Bonchev–Trinajstić information content (AvgIpc) is 2.59. The van der Waals surface area contributed by atoms with E-state index < -0.39 is 6.10 Å². The number of aromatic nitrogens is 1. The Labute approximate surface area is 154 Å². The molecule has 2 N–H and O–H groups in total. The number of carbonyl (C=O) groups is 1. The molecule has 0 saturated heterocycles. The van der Waals surface area contributed by atoms with Gasteiger partial charge in [0.15, 0.2) is 0 Å². The molecule has 2 aromatic rings. The molecule has 1 aromatic heterocycles. The molecule has 1 unspecified atom stereocenters. The van der Waals surface area contributed by atoms with E-state index in [0.717, 1.165) is 5.56 Å². The van der Waals surface area contributed by atoms with Gasteiger partial charge in [0.1, 0.15) is 18.5 Å². The Morgan fingerprint density at radius 2 is 1.77 bits per heavy atom. The summed E-state index contributed by atoms with van der Waals surface area (Å²) < 4.78 is 11.1. The smallest absolute Gasteiger partial charge is 0.217 e. The van der Waals surface area contributed by atoms with Gasteiger partial charge in [0.05, 0.1) is 12.1 Å². The van der Waals surface area contributed by atoms with Gasteiger partial charge in [0.2, 0.25) is 11.8 Å². The minimum absolute atomic E-state index is 0.0548. The number of carbonyl (C=O) groups excluding carboxylic acids is 1. The highest BCUT2D eigenvalue weighted by molar-refractivity contribution is 5.73. The number of pyridine rings is 1. The van der Waals surface area contributed by atoms with Gasteiger partial charge in [0.25, 0.3) is 0 Å². The molecule has 0 fully saturated rings. The number of ether oxygens (including phenoxy) is 2. The molecule has 1 aromatic carbocycles. The first-order chi connectivity index (χ1) is 12.3. The van der Waals surface area contributed by atoms with Crippen molar-refractivity contribution >= 4 is 5.91 Å². The predicted octanol–water partition coefficient (Wildman–Crippen LogP) is 2.85. The van der Waals surface area contributed by atoms with E-state index in [2.05, 4.69) is 10.3 Å². The van der Waals surface area contributed by atoms with Crippen molar-refractivity contribution in [1.82, 2.24) is 10.3 Å². The molecule has 0 radical (unpaired) electrons. The Morgan fingerprint density at radius 3 is 2.31 bits per heavy atom. The van der Waals surface area contributed by atoms with Gasteiger partial charge in [-0.25, -0.2) is 4.98 Å². The molecule has 6 heteroatoms. The zero-order chi connectivity index (χ0) is 19.1. The Balaban J connectivity index is 1.95. The topological polar surface area (TPSA) is 80.7 Å². The highest BCUT2D eigenvalue weighted by Gasteiger charge is 2.12. The quantitative estimate of drug-likeness (QED) is 0.758. The van der Waals surface area contributed by atoms with Crippen LogP contribution in [-0.4, -0.2) is 34.8 Å². The zero-order valence-corrected chi connectivity index (χ0v) is 15.6. The van der Waals surface area contributed by atoms with Gasteiger partial charge in [0, 0.05) is 24.8 Å². The average molecular weight is 358 g/mol. The highest BCUT2D eigenvalue weighted by Crippen LogP contribution is 2.24. The number of aliphatic hydroxyl groups is 1. The summed E-state index contributed by atoms with van der Waals surface area (Å²) >= 11 is 0. The third kappa shape index (κ3) is 6.04. The molecule has 6 nitrogen and oxygen atoms in total. The van der Waals surface area contributed by atoms with E-state index in [-0.39, 0.29) is 18.1 Å². The number of aliphatic hydroxyl groups excluding tert-OH is 1. The standard InChI is InChI=1S/C20H26N2O4/c1-13(2)26-19-10-7-17(11-21-19)20(24)16-5-8-18(9-6-16)25-12-14(3)22-15(4)23/h5-11,13-14,20,24H,12H2,1-4H3,(H,22,23)/t14-,20?/m0/s1. The van der Waals surface area contributed by atoms with Crippen LogP contribution in [0.2, 0.25) is 0 Å². The van der Waals surface area contributed by atoms with Crippen molar-refractivity contribution in [2.45, 2.75) is 45.9 Å². The molecule has 2 rings (SSSR count). The van der Waals surface area contributed by atoms with E-state index in [9.17, 15) is 9.90 Å². The van der Waals surface area contributed by atoms with Crippen molar-refractivity contribution in [3.8, 4) is 11.6 Å². The van der Waals surface area contributed by atoms with Crippen molar-refractivity contribution in [3.05, 3.63) is 53.7 Å². The maximum Gasteiger partial charge on any atom is 0.217 e. The van der Waals surface area contributed by atoms with Crippen LogP contribution in [0.25, 0.3) is 0 Å². The number of benzene rings is 1. The van der Waals surface area contributed by atoms with Gasteiger partial charge >= 0.3 is 0 Å². The number of hydrogen-bond donors (Lipinski definition) is 2. The van der Waals surface area contributed by atoms with Crippen LogP contribution in [0.3, 0.4) is 0 Å². The monoisotopic (exact) mass is 358 g/mol. The van der Waals surface area contributed by atoms with Gasteiger partial charge in [-0.1, -0.05) is 12.1 Å². The summed E-state index contributed by atoms with van der Waals surface area (Å²) in [7, 11) is 0. The lowest BCUT2D eigenvalue weighted by molar-refractivity contribution is -0.119. The van der Waals surface area contributed by atoms with Crippen LogP contribution in [0.4, 0.5) is 0 Å². The second kappa shape index (κ2) is 9.20. The van der Waals surface area contributed by atoms with Crippen LogP contribution < -0.4 is 14.8 Å². The van der Waals surface area contributed by atoms with Crippen molar-refractivity contribution < 1.29 is 19.4 Å². The van der Waals surface area contributed by atoms with Gasteiger partial charge in [-0.3, -0.25) is 4.79 Å². The largest absolute Gasteiger partial charge is 0.491 e. The number of amides is 1. The molecule has 0 aliphatic carbocycles. The SMILES string of the molecule is CC(=O)N[C@@H](C)COc1ccc(C(O)c2ccc(OC(C)C)nc2)cc1. The summed E-state index contributed by atoms with van der Waals surface area (Å²) in [6.07, 6.45) is 0.893. The lowest BCUT2D eigenvalue weighted by Crippen LogP contribution is -2.35. The molecular weight excluding hydrogens is 332 g/mol. The van der Waals surface area contributed by atoms with E-state index in [1.807, 2.05) is 32.9 Å². The molecule has 0 aliphatic rings. The summed E-state index contributed by atoms with van der Waals surface area (Å²) in [6, 6.07) is 10.7. The molecule has 0 spiro atoms. The van der Waals surface area contributed by atoms with Crippen molar-refractivity contribution in [3.63, 3.8) is 0 Å². The maximum absolute atomic E-state index is 11.0. The number of nitrogens with one attached hydrogen (secondary N) is 1. The van der Waals surface area contributed by atoms with Crippen LogP contribution in [0.5, 0.6) is 11.6 Å². The van der Waals surface area contributed by atoms with E-state index in [1.54, 1.807) is 30.5 Å². The van der Waals surface area contributed by atoms with E-state index in [1.165, 1.54) is 6.92 Å². The summed E-state index contributed by atoms with van der Waals surface area (Å²) in [5.74, 6) is 1.13. The first-order valence-electron chi connectivity index (χ1n) is 8.65. The molecule has 2 atom stereocenters. The second-order valence-corrected chi connectivity index (χ2v) is 6.48. The fourth-order valence-electron chi connectivity index (χ4n) is 2.41. The molecule has 1 amide bonds. The summed E-state index contributed by atoms with van der Waals surface area (Å²) in [5.41, 5.74) is 1.43. The highest BCUT2D eigenvalue weighted by atomic mass is 16.5. The van der Waals surface area contributed by atoms with Gasteiger partial charge < -0.3 is 19.9 Å². The third-order valence-corrected chi connectivity index (χ3v) is 3.58. The van der Waals surface area contributed by atoms with Crippen molar-refractivity contribution in [2.75, 3.05) is 6.61 Å². The normalized spacial score (nSPS) is 13.2. The molecule has 0 aliphatic heterocycles. The zero-order valence-electron chi connectivity index (χ0n) is 15.6. The Bertz CT molecular complexity index is 699. The van der Waals surface area contributed by atoms with E-state index in [4.69, 9.17) is 9.47 Å². The Kier molecular flexibility index (Phi) is 6.97. The lowest BCUT2D eigenvalue weighted by Gasteiger charge is -2.15. The van der Waals surface area contributed by atoms with Crippen LogP contribution in [0, 0.1) is 0 Å². The fourth-order valence-corrected chi connectivity index (χ4v) is 2.41. The summed E-state index contributed by atoms with van der Waals surface area (Å²) in [4.78, 5) is 15.2. The fraction of sp³-hybridized carbons (Fsp3) is 0.400. The van der Waals surface area contributed by atoms with Crippen LogP contribution in [0.1, 0.15) is 44.9 Å². The van der Waals surface area contributed by atoms with Crippen LogP contribution in [-0.2, 0) is 4.79 Å². The van der Waals surface area contributed by atoms with E-state index >= 15 is 0 Å². The van der Waals surface area contributed by atoms with Crippen molar-refractivity contribution in [1.29, 1.82) is 0 Å². The van der Waals surface area contributed by atoms with Crippen LogP contribution in [0.15, 0.2) is 42.6 Å². The molecule has 1 heterocycles. The van der Waals surface area contributed by atoms with Gasteiger partial charge in [-0.2, -0.15) is 0 Å². The first kappa shape index (κ1) is 19.7. The van der Waals surface area contributed by atoms with Gasteiger partial charge in [-0.15, -0.1) is 0 Å². The minimum atomic E-state index is -0.775.